The summed E-state index contributed by atoms with van der Waals surface area (Å²) in [6, 6.07) is 0. The van der Waals surface area contributed by atoms with Crippen molar-refractivity contribution >= 4 is 11.3 Å². The van der Waals surface area contributed by atoms with Crippen LogP contribution in [0.1, 0.15) is 42.0 Å². The molecular formula is C10H17NOS. The van der Waals surface area contributed by atoms with Gasteiger partial charge in [0.1, 0.15) is 11.1 Å². The highest BCUT2D eigenvalue weighted by Gasteiger charge is 2.18. The molecule has 0 aliphatic heterocycles. The van der Waals surface area contributed by atoms with Crippen LogP contribution in [0.25, 0.3) is 0 Å². The average Bonchev–Trinajstić information content (AvgIpc) is 2.44. The minimum Gasteiger partial charge on any atom is -0.386 e. The van der Waals surface area contributed by atoms with Gasteiger partial charge >= 0.3 is 0 Å². The molecule has 2 unspecified atom stereocenters. The van der Waals surface area contributed by atoms with E-state index < -0.39 is 0 Å². The Kier molecular flexibility index (Phi) is 3.45. The van der Waals surface area contributed by atoms with Crippen LogP contribution in [0.2, 0.25) is 0 Å². The Hall–Kier alpha value is -0.410. The first-order valence-corrected chi connectivity index (χ1v) is 5.49. The monoisotopic (exact) mass is 199 g/mol. The fourth-order valence-corrected chi connectivity index (χ4v) is 2.13. The molecule has 1 rings (SSSR count). The van der Waals surface area contributed by atoms with Gasteiger partial charge in [-0.2, -0.15) is 0 Å². The topological polar surface area (TPSA) is 33.1 Å². The van der Waals surface area contributed by atoms with Crippen LogP contribution < -0.4 is 0 Å². The Morgan fingerprint density at radius 1 is 1.46 bits per heavy atom. The molecule has 1 heterocycles. The van der Waals surface area contributed by atoms with Gasteiger partial charge in [0.2, 0.25) is 0 Å². The van der Waals surface area contributed by atoms with Gasteiger partial charge in [-0.25, -0.2) is 4.98 Å². The molecule has 1 aromatic rings. The molecule has 0 spiro atoms. The van der Waals surface area contributed by atoms with Crippen molar-refractivity contribution in [2.24, 2.45) is 5.92 Å². The molecular weight excluding hydrogens is 182 g/mol. The number of rotatable bonds is 3. The third-order valence-corrected chi connectivity index (χ3v) is 3.62. The van der Waals surface area contributed by atoms with E-state index in [0.29, 0.717) is 5.92 Å². The second kappa shape index (κ2) is 4.20. The van der Waals surface area contributed by atoms with Crippen LogP contribution in [0.5, 0.6) is 0 Å². The molecule has 2 nitrogen and oxygen atoms in total. The lowest BCUT2D eigenvalue weighted by atomic mass is 10.0. The van der Waals surface area contributed by atoms with Gasteiger partial charge in [0.05, 0.1) is 5.69 Å². The molecule has 2 atom stereocenters. The molecule has 13 heavy (non-hydrogen) atoms. The highest BCUT2D eigenvalue weighted by Crippen LogP contribution is 2.28. The summed E-state index contributed by atoms with van der Waals surface area (Å²) in [5.41, 5.74) is 1.04. The van der Waals surface area contributed by atoms with Crippen molar-refractivity contribution in [2.75, 3.05) is 0 Å². The van der Waals surface area contributed by atoms with Crippen molar-refractivity contribution in [3.05, 3.63) is 15.6 Å². The summed E-state index contributed by atoms with van der Waals surface area (Å²) >= 11 is 1.61. The molecule has 0 bridgehead atoms. The SMILES string of the molecule is CCC(C)C(O)c1nc(C)c(C)s1. The number of nitrogens with zero attached hydrogens (tertiary/aromatic N) is 1. The van der Waals surface area contributed by atoms with E-state index in [4.69, 9.17) is 0 Å². The third kappa shape index (κ3) is 2.29. The molecule has 0 radical (unpaired) electrons. The van der Waals surface area contributed by atoms with Crippen molar-refractivity contribution in [1.29, 1.82) is 0 Å². The lowest BCUT2D eigenvalue weighted by Gasteiger charge is -2.13. The maximum Gasteiger partial charge on any atom is 0.122 e. The van der Waals surface area contributed by atoms with E-state index >= 15 is 0 Å². The molecule has 0 aromatic carbocycles. The highest BCUT2D eigenvalue weighted by atomic mass is 32.1. The molecule has 1 N–H and O–H groups in total. The van der Waals surface area contributed by atoms with Gasteiger partial charge in [0.15, 0.2) is 0 Å². The van der Waals surface area contributed by atoms with Gasteiger partial charge in [-0.1, -0.05) is 20.3 Å². The van der Waals surface area contributed by atoms with Crippen molar-refractivity contribution in [2.45, 2.75) is 40.2 Å². The van der Waals surface area contributed by atoms with Crippen LogP contribution in [-0.4, -0.2) is 10.1 Å². The van der Waals surface area contributed by atoms with Crippen LogP contribution in [0.3, 0.4) is 0 Å². The molecule has 0 saturated carbocycles. The van der Waals surface area contributed by atoms with E-state index in [9.17, 15) is 5.11 Å². The first kappa shape index (κ1) is 10.7. The lowest BCUT2D eigenvalue weighted by Crippen LogP contribution is -2.07. The molecule has 0 aliphatic carbocycles. The van der Waals surface area contributed by atoms with E-state index in [1.807, 2.05) is 13.8 Å². The number of aliphatic hydroxyl groups excluding tert-OH is 1. The second-order valence-corrected chi connectivity index (χ2v) is 4.76. The van der Waals surface area contributed by atoms with Crippen molar-refractivity contribution in [3.8, 4) is 0 Å². The molecule has 0 saturated heterocycles. The number of hydrogen-bond acceptors (Lipinski definition) is 3. The van der Waals surface area contributed by atoms with Gasteiger partial charge in [-0.05, 0) is 19.8 Å². The van der Waals surface area contributed by atoms with Gasteiger partial charge in [0.25, 0.3) is 0 Å². The number of aryl methyl sites for hydroxylation is 2. The Balaban J connectivity index is 2.82. The number of thiazole rings is 1. The highest BCUT2D eigenvalue weighted by molar-refractivity contribution is 7.11. The minimum absolute atomic E-state index is 0.296. The molecule has 74 valence electrons. The average molecular weight is 199 g/mol. The van der Waals surface area contributed by atoms with Gasteiger partial charge in [0, 0.05) is 4.88 Å². The Morgan fingerprint density at radius 2 is 2.08 bits per heavy atom. The Labute approximate surface area is 83.6 Å². The third-order valence-electron chi connectivity index (χ3n) is 2.48. The predicted molar refractivity (Wildman–Crippen MR) is 56.0 cm³/mol. The van der Waals surface area contributed by atoms with Crippen molar-refractivity contribution in [3.63, 3.8) is 0 Å². The summed E-state index contributed by atoms with van der Waals surface area (Å²) in [5, 5.41) is 10.7. The normalized spacial score (nSPS) is 15.8. The summed E-state index contributed by atoms with van der Waals surface area (Å²) in [4.78, 5) is 5.55. The molecule has 0 amide bonds. The van der Waals surface area contributed by atoms with E-state index in [1.165, 1.54) is 4.88 Å². The summed E-state index contributed by atoms with van der Waals surface area (Å²) in [7, 11) is 0. The largest absolute Gasteiger partial charge is 0.386 e. The number of aromatic nitrogens is 1. The molecule has 3 heteroatoms. The van der Waals surface area contributed by atoms with Gasteiger partial charge in [-0.3, -0.25) is 0 Å². The first-order chi connectivity index (χ1) is 6.06. The fraction of sp³-hybridized carbons (Fsp3) is 0.700. The van der Waals surface area contributed by atoms with Crippen molar-refractivity contribution in [1.82, 2.24) is 4.98 Å². The molecule has 1 aromatic heterocycles. The van der Waals surface area contributed by atoms with Crippen LogP contribution >= 0.6 is 11.3 Å². The van der Waals surface area contributed by atoms with Crippen LogP contribution in [-0.2, 0) is 0 Å². The lowest BCUT2D eigenvalue weighted by molar-refractivity contribution is 0.115. The molecule has 0 fully saturated rings. The standard InChI is InChI=1S/C10H17NOS/c1-5-6(2)9(12)10-11-7(3)8(4)13-10/h6,9,12H,5H2,1-4H3. The van der Waals surface area contributed by atoms with Crippen molar-refractivity contribution < 1.29 is 5.11 Å². The zero-order valence-electron chi connectivity index (χ0n) is 8.66. The van der Waals surface area contributed by atoms with E-state index in [-0.39, 0.29) is 6.10 Å². The maximum absolute atomic E-state index is 9.87. The quantitative estimate of drug-likeness (QED) is 0.812. The minimum atomic E-state index is -0.387. The van der Waals surface area contributed by atoms with Crippen LogP contribution in [0, 0.1) is 19.8 Å². The number of hydrogen-bond donors (Lipinski definition) is 1. The second-order valence-electron chi connectivity index (χ2n) is 3.52. The van der Waals surface area contributed by atoms with Crippen LogP contribution in [0.4, 0.5) is 0 Å². The number of aliphatic hydroxyl groups is 1. The van der Waals surface area contributed by atoms with Gasteiger partial charge < -0.3 is 5.11 Å². The Bertz CT molecular complexity index is 263. The van der Waals surface area contributed by atoms with E-state index in [2.05, 4.69) is 18.8 Å². The zero-order chi connectivity index (χ0) is 10.0. The maximum atomic E-state index is 9.87. The zero-order valence-corrected chi connectivity index (χ0v) is 9.48. The summed E-state index contributed by atoms with van der Waals surface area (Å²) < 4.78 is 0. The van der Waals surface area contributed by atoms with Crippen LogP contribution in [0.15, 0.2) is 0 Å². The first-order valence-electron chi connectivity index (χ1n) is 4.68. The predicted octanol–water partition coefficient (Wildman–Crippen LogP) is 2.84. The fourth-order valence-electron chi connectivity index (χ4n) is 1.09. The van der Waals surface area contributed by atoms with Gasteiger partial charge in [-0.15, -0.1) is 11.3 Å². The Morgan fingerprint density at radius 3 is 2.46 bits per heavy atom. The van der Waals surface area contributed by atoms with E-state index in [1.54, 1.807) is 11.3 Å². The smallest absolute Gasteiger partial charge is 0.122 e. The summed E-state index contributed by atoms with van der Waals surface area (Å²) in [6.45, 7) is 8.16. The summed E-state index contributed by atoms with van der Waals surface area (Å²) in [5.74, 6) is 0.296. The summed E-state index contributed by atoms with van der Waals surface area (Å²) in [6.07, 6.45) is 0.598. The molecule has 0 aliphatic rings. The van der Waals surface area contributed by atoms with E-state index in [0.717, 1.165) is 17.1 Å².